The minimum absolute atomic E-state index is 0.0334. The van der Waals surface area contributed by atoms with Crippen molar-refractivity contribution in [2.75, 3.05) is 0 Å². The Morgan fingerprint density at radius 2 is 1.53 bits per heavy atom. The molecule has 1 aliphatic carbocycles. The zero-order chi connectivity index (χ0) is 14.0. The molecule has 1 saturated carbocycles. The molecule has 2 amide bonds. The smallest absolute Gasteiger partial charge is 0.330 e. The first-order valence-corrected chi connectivity index (χ1v) is 6.11. The van der Waals surface area contributed by atoms with E-state index in [2.05, 4.69) is 4.84 Å². The summed E-state index contributed by atoms with van der Waals surface area (Å²) in [5.41, 5.74) is 0. The highest BCUT2D eigenvalue weighted by Crippen LogP contribution is 2.22. The Morgan fingerprint density at radius 3 is 2.05 bits per heavy atom. The summed E-state index contributed by atoms with van der Waals surface area (Å²) in [6.07, 6.45) is 0.423. The van der Waals surface area contributed by atoms with Gasteiger partial charge in [0.25, 0.3) is 11.8 Å². The maximum atomic E-state index is 11.5. The van der Waals surface area contributed by atoms with Gasteiger partial charge in [-0.15, -0.1) is 5.06 Å². The zero-order valence-electron chi connectivity index (χ0n) is 10.2. The first-order chi connectivity index (χ1) is 8.99. The van der Waals surface area contributed by atoms with Gasteiger partial charge in [0.05, 0.1) is 5.92 Å². The zero-order valence-corrected chi connectivity index (χ0v) is 10.2. The second-order valence-electron chi connectivity index (χ2n) is 4.57. The molecule has 0 unspecified atom stereocenters. The minimum atomic E-state index is -0.781. The molecule has 1 saturated heterocycles. The number of hydrogen-bond acceptors (Lipinski definition) is 6. The second kappa shape index (κ2) is 5.29. The van der Waals surface area contributed by atoms with Gasteiger partial charge in [-0.1, -0.05) is 0 Å². The molecule has 0 N–H and O–H groups in total. The summed E-state index contributed by atoms with van der Waals surface area (Å²) in [5.74, 6) is -2.94. The normalized spacial score (nSPS) is 20.5. The highest BCUT2D eigenvalue weighted by Gasteiger charge is 2.35. The molecule has 0 aromatic carbocycles. The Balaban J connectivity index is 1.82. The molecule has 7 heteroatoms. The Labute approximate surface area is 108 Å². The van der Waals surface area contributed by atoms with Crippen LogP contribution in [0.2, 0.25) is 0 Å². The van der Waals surface area contributed by atoms with Crippen molar-refractivity contribution in [1.29, 1.82) is 0 Å². The maximum absolute atomic E-state index is 11.5. The van der Waals surface area contributed by atoms with E-state index in [1.165, 1.54) is 0 Å². The second-order valence-corrected chi connectivity index (χ2v) is 4.57. The summed E-state index contributed by atoms with van der Waals surface area (Å²) in [6, 6.07) is 0. The van der Waals surface area contributed by atoms with E-state index in [9.17, 15) is 24.0 Å². The van der Waals surface area contributed by atoms with Crippen molar-refractivity contribution in [3.8, 4) is 0 Å². The average molecular weight is 267 g/mol. The van der Waals surface area contributed by atoms with E-state index in [0.29, 0.717) is 5.06 Å². The van der Waals surface area contributed by atoms with Crippen LogP contribution < -0.4 is 0 Å². The van der Waals surface area contributed by atoms with E-state index >= 15 is 0 Å². The summed E-state index contributed by atoms with van der Waals surface area (Å²) in [4.78, 5) is 61.2. The average Bonchev–Trinajstić information content (AvgIpc) is 2.84. The number of imide groups is 1. The fourth-order valence-electron chi connectivity index (χ4n) is 2.16. The number of carbonyl (C=O) groups is 5. The lowest BCUT2D eigenvalue weighted by Crippen LogP contribution is -2.32. The Morgan fingerprint density at radius 1 is 1.00 bits per heavy atom. The van der Waals surface area contributed by atoms with E-state index in [4.69, 9.17) is 0 Å². The molecule has 0 radical (unpaired) electrons. The van der Waals surface area contributed by atoms with Crippen molar-refractivity contribution in [3.63, 3.8) is 0 Å². The van der Waals surface area contributed by atoms with Crippen molar-refractivity contribution in [2.45, 2.75) is 38.5 Å². The molecule has 1 heterocycles. The number of rotatable bonds is 4. The summed E-state index contributed by atoms with van der Waals surface area (Å²) < 4.78 is 0. The minimum Gasteiger partial charge on any atom is -0.330 e. The highest BCUT2D eigenvalue weighted by molar-refractivity contribution is 6.08. The van der Waals surface area contributed by atoms with Crippen molar-refractivity contribution < 1.29 is 28.8 Å². The fraction of sp³-hybridized carbons (Fsp3) is 0.583. The van der Waals surface area contributed by atoms with Gasteiger partial charge in [-0.05, 0) is 6.42 Å². The van der Waals surface area contributed by atoms with Crippen molar-refractivity contribution in [3.05, 3.63) is 0 Å². The molecule has 2 aliphatic rings. The van der Waals surface area contributed by atoms with Crippen LogP contribution in [0.15, 0.2) is 0 Å². The molecule has 7 nitrogen and oxygen atoms in total. The van der Waals surface area contributed by atoms with Gasteiger partial charge in [0.2, 0.25) is 0 Å². The number of nitrogens with zero attached hydrogens (tertiary/aromatic N) is 1. The van der Waals surface area contributed by atoms with Crippen LogP contribution >= 0.6 is 0 Å². The van der Waals surface area contributed by atoms with Gasteiger partial charge in [-0.3, -0.25) is 19.2 Å². The summed E-state index contributed by atoms with van der Waals surface area (Å²) >= 11 is 0. The number of carbonyl (C=O) groups excluding carboxylic acids is 5. The predicted molar refractivity (Wildman–Crippen MR) is 59.2 cm³/mol. The third kappa shape index (κ3) is 2.86. The third-order valence-electron chi connectivity index (χ3n) is 3.23. The van der Waals surface area contributed by atoms with Gasteiger partial charge in [-0.25, -0.2) is 4.79 Å². The SMILES string of the molecule is O=C(CCC1C(=O)CCC1=O)ON1C(=O)CCC1=O. The van der Waals surface area contributed by atoms with Crippen LogP contribution in [0.3, 0.4) is 0 Å². The van der Waals surface area contributed by atoms with Crippen LogP contribution in [0.5, 0.6) is 0 Å². The molecule has 0 spiro atoms. The lowest BCUT2D eigenvalue weighted by atomic mass is 10.0. The lowest BCUT2D eigenvalue weighted by molar-refractivity contribution is -0.197. The van der Waals surface area contributed by atoms with E-state index in [1.54, 1.807) is 0 Å². The van der Waals surface area contributed by atoms with E-state index in [0.717, 1.165) is 0 Å². The van der Waals surface area contributed by atoms with Gasteiger partial charge in [0.15, 0.2) is 0 Å². The van der Waals surface area contributed by atoms with Gasteiger partial charge in [0, 0.05) is 32.1 Å². The van der Waals surface area contributed by atoms with Crippen molar-refractivity contribution in [1.82, 2.24) is 5.06 Å². The van der Waals surface area contributed by atoms with Crippen LogP contribution in [0.1, 0.15) is 38.5 Å². The molecule has 0 aromatic heterocycles. The fourth-order valence-corrected chi connectivity index (χ4v) is 2.16. The standard InChI is InChI=1S/C12H13NO6/c14-8-2-3-9(15)7(8)1-6-12(18)19-13-10(16)4-5-11(13)17/h7H,1-6H2. The van der Waals surface area contributed by atoms with Gasteiger partial charge >= 0.3 is 5.97 Å². The van der Waals surface area contributed by atoms with Crippen LogP contribution in [0, 0.1) is 5.92 Å². The lowest BCUT2D eigenvalue weighted by Gasteiger charge is -2.13. The highest BCUT2D eigenvalue weighted by atomic mass is 16.7. The molecule has 0 aromatic rings. The number of hydrogen-bond donors (Lipinski definition) is 0. The number of ketones is 2. The van der Waals surface area contributed by atoms with Crippen LogP contribution in [0.25, 0.3) is 0 Å². The van der Waals surface area contributed by atoms with E-state index in [1.807, 2.05) is 0 Å². The Bertz CT molecular complexity index is 437. The molecule has 2 fully saturated rings. The predicted octanol–water partition coefficient (Wildman–Crippen LogP) is -0.0780. The maximum Gasteiger partial charge on any atom is 0.333 e. The first-order valence-electron chi connectivity index (χ1n) is 6.11. The molecule has 0 atom stereocenters. The largest absolute Gasteiger partial charge is 0.333 e. The number of hydroxylamine groups is 2. The Hall–Kier alpha value is -2.05. The van der Waals surface area contributed by atoms with Crippen molar-refractivity contribution >= 4 is 29.4 Å². The summed E-state index contributed by atoms with van der Waals surface area (Å²) in [5, 5.41) is 0.459. The monoisotopic (exact) mass is 267 g/mol. The third-order valence-corrected chi connectivity index (χ3v) is 3.23. The summed E-state index contributed by atoms with van der Waals surface area (Å²) in [6.45, 7) is 0. The van der Waals surface area contributed by atoms with Crippen molar-refractivity contribution in [2.24, 2.45) is 5.92 Å². The molecule has 0 bridgehead atoms. The first kappa shape index (κ1) is 13.4. The molecule has 102 valence electrons. The van der Waals surface area contributed by atoms with Gasteiger partial charge in [0.1, 0.15) is 11.6 Å². The van der Waals surface area contributed by atoms with E-state index < -0.39 is 23.7 Å². The van der Waals surface area contributed by atoms with Gasteiger partial charge < -0.3 is 4.84 Å². The van der Waals surface area contributed by atoms with Crippen LogP contribution in [-0.4, -0.2) is 34.4 Å². The molecular formula is C12H13NO6. The van der Waals surface area contributed by atoms with Crippen LogP contribution in [-0.2, 0) is 28.8 Å². The summed E-state index contributed by atoms with van der Waals surface area (Å²) in [7, 11) is 0. The van der Waals surface area contributed by atoms with Gasteiger partial charge in [-0.2, -0.15) is 0 Å². The van der Waals surface area contributed by atoms with E-state index in [-0.39, 0.29) is 50.1 Å². The number of amides is 2. The number of Topliss-reactive ketones (excluding diaryl/α,β-unsaturated/α-hetero) is 2. The Kier molecular flexibility index (Phi) is 3.73. The quantitative estimate of drug-likeness (QED) is 0.522. The topological polar surface area (TPSA) is 97.8 Å². The molecule has 1 aliphatic heterocycles. The molecule has 2 rings (SSSR count). The molecular weight excluding hydrogens is 254 g/mol. The van der Waals surface area contributed by atoms with Crippen LogP contribution in [0.4, 0.5) is 0 Å². The molecule has 19 heavy (non-hydrogen) atoms.